The first kappa shape index (κ1) is 17.7. The Balaban J connectivity index is 1.93. The highest BCUT2D eigenvalue weighted by Crippen LogP contribution is 2.37. The van der Waals surface area contributed by atoms with Gasteiger partial charge in [-0.05, 0) is 30.7 Å². The van der Waals surface area contributed by atoms with Gasteiger partial charge < -0.3 is 10.4 Å². The van der Waals surface area contributed by atoms with Crippen molar-refractivity contribution in [2.45, 2.75) is 45.3 Å². The highest BCUT2D eigenvalue weighted by molar-refractivity contribution is 5.66. The molecular formula is C20H23FN4O2. The quantitative estimate of drug-likeness (QED) is 0.739. The largest absolute Gasteiger partial charge is 0.391 e. The number of fused-ring (bicyclic) bond motifs is 3. The number of hydrogen-bond acceptors (Lipinski definition) is 4. The van der Waals surface area contributed by atoms with Crippen LogP contribution in [0.3, 0.4) is 0 Å². The Bertz CT molecular complexity index is 1060. The Morgan fingerprint density at radius 3 is 2.70 bits per heavy atom. The molecule has 0 bridgehead atoms. The number of nitrogens with zero attached hydrogens (tertiary/aromatic N) is 3. The van der Waals surface area contributed by atoms with Crippen LogP contribution in [0.15, 0.2) is 35.1 Å². The Kier molecular flexibility index (Phi) is 4.07. The van der Waals surface area contributed by atoms with Crippen LogP contribution in [0.2, 0.25) is 0 Å². The smallest absolute Gasteiger partial charge is 0.350 e. The van der Waals surface area contributed by atoms with Crippen molar-refractivity contribution >= 4 is 11.3 Å². The third-order valence-corrected chi connectivity index (χ3v) is 5.03. The first-order valence-electron chi connectivity index (χ1n) is 9.08. The average molecular weight is 370 g/mol. The van der Waals surface area contributed by atoms with E-state index in [1.54, 1.807) is 23.5 Å². The molecule has 4 rings (SSSR count). The zero-order valence-electron chi connectivity index (χ0n) is 15.7. The van der Waals surface area contributed by atoms with Crippen LogP contribution in [-0.4, -0.2) is 31.9 Å². The predicted molar refractivity (Wildman–Crippen MR) is 102 cm³/mol. The maximum atomic E-state index is 13.2. The average Bonchev–Trinajstić information content (AvgIpc) is 3.07. The monoisotopic (exact) mass is 370 g/mol. The van der Waals surface area contributed by atoms with E-state index in [2.05, 4.69) is 24.3 Å². The molecule has 1 atom stereocenters. The van der Waals surface area contributed by atoms with Gasteiger partial charge in [-0.15, -0.1) is 5.10 Å². The molecule has 27 heavy (non-hydrogen) atoms. The third kappa shape index (κ3) is 3.02. The molecule has 0 radical (unpaired) electrons. The van der Waals surface area contributed by atoms with Gasteiger partial charge in [-0.25, -0.2) is 18.3 Å². The fourth-order valence-electron chi connectivity index (χ4n) is 3.77. The minimum Gasteiger partial charge on any atom is -0.391 e. The molecule has 0 spiro atoms. The van der Waals surface area contributed by atoms with E-state index in [4.69, 9.17) is 0 Å². The van der Waals surface area contributed by atoms with Gasteiger partial charge >= 0.3 is 5.69 Å². The van der Waals surface area contributed by atoms with E-state index >= 15 is 0 Å². The van der Waals surface area contributed by atoms with Crippen LogP contribution in [0, 0.1) is 5.82 Å². The number of hydrogen-bond donors (Lipinski definition) is 2. The molecule has 142 valence electrons. The predicted octanol–water partition coefficient (Wildman–Crippen LogP) is 2.31. The number of aliphatic hydroxyl groups excluding tert-OH is 1. The van der Waals surface area contributed by atoms with Crippen molar-refractivity contribution < 1.29 is 9.50 Å². The molecule has 7 heteroatoms. The summed E-state index contributed by atoms with van der Waals surface area (Å²) in [6.45, 7) is 6.67. The van der Waals surface area contributed by atoms with E-state index < -0.39 is 6.10 Å². The van der Waals surface area contributed by atoms with Crippen molar-refractivity contribution in [2.24, 2.45) is 0 Å². The van der Waals surface area contributed by atoms with Gasteiger partial charge in [0.25, 0.3) is 0 Å². The maximum absolute atomic E-state index is 13.2. The van der Waals surface area contributed by atoms with E-state index in [-0.39, 0.29) is 23.5 Å². The molecule has 0 saturated heterocycles. The van der Waals surface area contributed by atoms with Gasteiger partial charge in [-0.3, -0.25) is 0 Å². The summed E-state index contributed by atoms with van der Waals surface area (Å²) in [5, 5.41) is 17.6. The normalized spacial score (nSPS) is 16.3. The van der Waals surface area contributed by atoms with E-state index in [0.717, 1.165) is 29.1 Å². The number of rotatable bonds is 4. The molecule has 0 fully saturated rings. The van der Waals surface area contributed by atoms with Crippen molar-refractivity contribution in [3.05, 3.63) is 63.5 Å². The van der Waals surface area contributed by atoms with Crippen molar-refractivity contribution in [1.82, 2.24) is 14.2 Å². The summed E-state index contributed by atoms with van der Waals surface area (Å²) < 4.78 is 16.2. The van der Waals surface area contributed by atoms with E-state index in [1.807, 2.05) is 6.07 Å². The number of aliphatic hydroxyl groups is 1. The second kappa shape index (κ2) is 6.20. The van der Waals surface area contributed by atoms with Crippen LogP contribution in [-0.2, 0) is 18.4 Å². The molecule has 1 aliphatic heterocycles. The Hall–Kier alpha value is -2.67. The fourth-order valence-corrected chi connectivity index (χ4v) is 3.77. The van der Waals surface area contributed by atoms with Crippen molar-refractivity contribution in [2.75, 3.05) is 11.9 Å². The zero-order valence-corrected chi connectivity index (χ0v) is 15.7. The number of anilines is 1. The Morgan fingerprint density at radius 2 is 2.04 bits per heavy atom. The molecule has 1 aromatic carbocycles. The number of aromatic nitrogens is 3. The zero-order chi connectivity index (χ0) is 19.3. The molecule has 6 nitrogen and oxygen atoms in total. The van der Waals surface area contributed by atoms with Gasteiger partial charge in [0.15, 0.2) is 5.65 Å². The van der Waals surface area contributed by atoms with Gasteiger partial charge in [-0.2, -0.15) is 0 Å². The molecule has 2 aromatic heterocycles. The lowest BCUT2D eigenvalue weighted by Crippen LogP contribution is -2.30. The van der Waals surface area contributed by atoms with Crippen LogP contribution < -0.4 is 11.0 Å². The third-order valence-electron chi connectivity index (χ3n) is 5.03. The highest BCUT2D eigenvalue weighted by Gasteiger charge is 2.35. The highest BCUT2D eigenvalue weighted by atomic mass is 19.1. The molecule has 1 unspecified atom stereocenters. The van der Waals surface area contributed by atoms with Crippen LogP contribution in [0.4, 0.5) is 10.1 Å². The van der Waals surface area contributed by atoms with Gasteiger partial charge in [0.1, 0.15) is 5.82 Å². The topological polar surface area (TPSA) is 71.6 Å². The lowest BCUT2D eigenvalue weighted by Gasteiger charge is -2.18. The second-order valence-corrected chi connectivity index (χ2v) is 7.95. The minimum absolute atomic E-state index is 0.138. The summed E-state index contributed by atoms with van der Waals surface area (Å²) in [5.74, 6) is -0.279. The number of halogens is 1. The number of nitrogens with one attached hydrogen (secondary N) is 1. The van der Waals surface area contributed by atoms with E-state index in [0.29, 0.717) is 12.1 Å². The lowest BCUT2D eigenvalue weighted by molar-refractivity contribution is 0.167. The molecular weight excluding hydrogens is 347 g/mol. The first-order valence-corrected chi connectivity index (χ1v) is 9.08. The summed E-state index contributed by atoms with van der Waals surface area (Å²) >= 11 is 0. The SMILES string of the molecule is CC(O)Cn1nc2c(Cc3ccc(F)cc3)cc3c(n2c1=O)C(C)(C)CN3. The van der Waals surface area contributed by atoms with Crippen molar-refractivity contribution in [3.8, 4) is 0 Å². The molecule has 2 N–H and O–H groups in total. The van der Waals surface area contributed by atoms with Gasteiger partial charge in [0, 0.05) is 23.9 Å². The summed E-state index contributed by atoms with van der Waals surface area (Å²) in [4.78, 5) is 13.0. The van der Waals surface area contributed by atoms with Gasteiger partial charge in [0.2, 0.25) is 0 Å². The molecule has 0 amide bonds. The lowest BCUT2D eigenvalue weighted by atomic mass is 9.90. The second-order valence-electron chi connectivity index (χ2n) is 7.95. The van der Waals surface area contributed by atoms with Crippen LogP contribution in [0.5, 0.6) is 0 Å². The summed E-state index contributed by atoms with van der Waals surface area (Å²) in [5.41, 5.74) is 3.76. The van der Waals surface area contributed by atoms with Gasteiger partial charge in [0.05, 0.1) is 24.0 Å². The molecule has 3 aromatic rings. The molecule has 1 aliphatic rings. The molecule has 0 aliphatic carbocycles. The standard InChI is InChI=1S/C20H23FN4O2/c1-12(26)10-24-19(27)25-17-16(22-11-20(17,2)3)9-14(18(25)23-24)8-13-4-6-15(21)7-5-13/h4-7,9,12,22,26H,8,10-11H2,1-3H3. The van der Waals surface area contributed by atoms with Crippen LogP contribution >= 0.6 is 0 Å². The summed E-state index contributed by atoms with van der Waals surface area (Å²) in [6, 6.07) is 8.36. The van der Waals surface area contributed by atoms with E-state index in [9.17, 15) is 14.3 Å². The van der Waals surface area contributed by atoms with Crippen molar-refractivity contribution in [1.29, 1.82) is 0 Å². The maximum Gasteiger partial charge on any atom is 0.350 e. The van der Waals surface area contributed by atoms with Crippen LogP contribution in [0.25, 0.3) is 5.65 Å². The van der Waals surface area contributed by atoms with Gasteiger partial charge in [-0.1, -0.05) is 26.0 Å². The first-order chi connectivity index (χ1) is 12.8. The Labute approximate surface area is 156 Å². The Morgan fingerprint density at radius 1 is 1.33 bits per heavy atom. The summed E-state index contributed by atoms with van der Waals surface area (Å²) in [6.07, 6.45) is -0.142. The fraction of sp³-hybridized carbons (Fsp3) is 0.400. The molecule has 0 saturated carbocycles. The van der Waals surface area contributed by atoms with Crippen molar-refractivity contribution in [3.63, 3.8) is 0 Å². The summed E-state index contributed by atoms with van der Waals surface area (Å²) in [7, 11) is 0. The van der Waals surface area contributed by atoms with Crippen LogP contribution in [0.1, 0.15) is 37.6 Å². The van der Waals surface area contributed by atoms with E-state index in [1.165, 1.54) is 16.8 Å². The number of pyridine rings is 1. The number of benzene rings is 1. The molecule has 3 heterocycles. The minimum atomic E-state index is -0.674.